The van der Waals surface area contributed by atoms with E-state index in [1.54, 1.807) is 32.3 Å². The van der Waals surface area contributed by atoms with Gasteiger partial charge in [0.25, 0.3) is 0 Å². The average molecular weight is 426 g/mol. The van der Waals surface area contributed by atoms with E-state index in [0.717, 1.165) is 16.9 Å². The van der Waals surface area contributed by atoms with Crippen molar-refractivity contribution < 1.29 is 19.7 Å². The van der Waals surface area contributed by atoms with Crippen LogP contribution in [0.1, 0.15) is 19.4 Å². The molecule has 0 aliphatic heterocycles. The molecule has 31 heavy (non-hydrogen) atoms. The standard InChI is InChI=1S/C21H26N6O4/c1-13-12-23-21(27-19(13)31-15(3)14(2)29)25-17-6-4-16(5-7-17)24-20-22-9-8-18(26-20)30-11-10-28/h4-9,12,14-15,28-29H,10-11H2,1-3H3,(H,22,24,26)(H,23,25,27)/t14-,15-/m1/s1. The average Bonchev–Trinajstić information content (AvgIpc) is 2.76. The van der Waals surface area contributed by atoms with Crippen molar-refractivity contribution in [2.24, 2.45) is 0 Å². The first-order valence-corrected chi connectivity index (χ1v) is 9.84. The third-order valence-corrected chi connectivity index (χ3v) is 4.27. The largest absolute Gasteiger partial charge is 0.475 e. The van der Waals surface area contributed by atoms with Crippen molar-refractivity contribution in [2.45, 2.75) is 33.0 Å². The first-order chi connectivity index (χ1) is 14.9. The van der Waals surface area contributed by atoms with Crippen LogP contribution < -0.4 is 20.1 Å². The SMILES string of the molecule is Cc1cnc(Nc2ccc(Nc3nccc(OCCO)n3)cc2)nc1O[C@H](C)[C@@H](C)O. The van der Waals surface area contributed by atoms with Gasteiger partial charge in [-0.05, 0) is 45.0 Å². The summed E-state index contributed by atoms with van der Waals surface area (Å²) in [6.07, 6.45) is 2.24. The van der Waals surface area contributed by atoms with Crippen LogP contribution >= 0.6 is 0 Å². The van der Waals surface area contributed by atoms with E-state index in [2.05, 4.69) is 30.6 Å². The number of hydrogen-bond acceptors (Lipinski definition) is 10. The van der Waals surface area contributed by atoms with Gasteiger partial charge in [0.1, 0.15) is 12.7 Å². The Hall–Kier alpha value is -3.50. The first kappa shape index (κ1) is 22.2. The van der Waals surface area contributed by atoms with Gasteiger partial charge < -0.3 is 30.3 Å². The van der Waals surface area contributed by atoms with Crippen molar-refractivity contribution >= 4 is 23.3 Å². The Balaban J connectivity index is 1.64. The van der Waals surface area contributed by atoms with Gasteiger partial charge in [-0.2, -0.15) is 9.97 Å². The lowest BCUT2D eigenvalue weighted by atomic mass is 10.2. The predicted octanol–water partition coefficient (Wildman–Crippen LogP) is 2.58. The fraction of sp³-hybridized carbons (Fsp3) is 0.333. The smallest absolute Gasteiger partial charge is 0.230 e. The molecule has 0 amide bonds. The molecule has 0 radical (unpaired) electrons. The Bertz CT molecular complexity index is 984. The molecule has 0 unspecified atom stereocenters. The number of rotatable bonds is 10. The Morgan fingerprint density at radius 3 is 2.23 bits per heavy atom. The van der Waals surface area contributed by atoms with Crippen LogP contribution in [0.15, 0.2) is 42.7 Å². The van der Waals surface area contributed by atoms with Crippen LogP contribution in [0.25, 0.3) is 0 Å². The molecule has 3 aromatic rings. The van der Waals surface area contributed by atoms with Crippen LogP contribution in [0.3, 0.4) is 0 Å². The summed E-state index contributed by atoms with van der Waals surface area (Å²) in [5.74, 6) is 1.57. The Kier molecular flexibility index (Phi) is 7.52. The monoisotopic (exact) mass is 426 g/mol. The second-order valence-electron chi connectivity index (χ2n) is 6.86. The van der Waals surface area contributed by atoms with E-state index in [4.69, 9.17) is 14.6 Å². The van der Waals surface area contributed by atoms with E-state index in [9.17, 15) is 5.11 Å². The van der Waals surface area contributed by atoms with Gasteiger partial charge in [-0.1, -0.05) is 0 Å². The molecule has 1 aromatic carbocycles. The highest BCUT2D eigenvalue weighted by Gasteiger charge is 2.14. The maximum Gasteiger partial charge on any atom is 0.230 e. The molecule has 0 saturated heterocycles. The number of aliphatic hydroxyl groups excluding tert-OH is 2. The minimum Gasteiger partial charge on any atom is -0.475 e. The van der Waals surface area contributed by atoms with Crippen molar-refractivity contribution in [3.05, 3.63) is 48.3 Å². The molecule has 2 aromatic heterocycles. The maximum absolute atomic E-state index is 9.65. The molecule has 3 rings (SSSR count). The molecule has 4 N–H and O–H groups in total. The molecular weight excluding hydrogens is 400 g/mol. The molecule has 2 atom stereocenters. The lowest BCUT2D eigenvalue weighted by Gasteiger charge is -2.18. The summed E-state index contributed by atoms with van der Waals surface area (Å²) in [5.41, 5.74) is 2.34. The summed E-state index contributed by atoms with van der Waals surface area (Å²) >= 11 is 0. The second kappa shape index (κ2) is 10.5. The molecule has 164 valence electrons. The van der Waals surface area contributed by atoms with Crippen molar-refractivity contribution in [3.8, 4) is 11.8 Å². The number of aromatic nitrogens is 4. The molecule has 0 aliphatic rings. The lowest BCUT2D eigenvalue weighted by Crippen LogP contribution is -2.26. The van der Waals surface area contributed by atoms with Gasteiger partial charge in [0.15, 0.2) is 0 Å². The Morgan fingerprint density at radius 2 is 1.61 bits per heavy atom. The van der Waals surface area contributed by atoms with Crippen LogP contribution in [0.4, 0.5) is 23.3 Å². The van der Waals surface area contributed by atoms with E-state index >= 15 is 0 Å². The van der Waals surface area contributed by atoms with Gasteiger partial charge >= 0.3 is 0 Å². The number of aliphatic hydroxyl groups is 2. The fourth-order valence-electron chi connectivity index (χ4n) is 2.41. The topological polar surface area (TPSA) is 135 Å². The van der Waals surface area contributed by atoms with Crippen LogP contribution in [-0.4, -0.2) is 55.6 Å². The van der Waals surface area contributed by atoms with Crippen molar-refractivity contribution in [3.63, 3.8) is 0 Å². The number of anilines is 4. The van der Waals surface area contributed by atoms with Gasteiger partial charge in [0.2, 0.25) is 23.7 Å². The molecule has 0 fully saturated rings. The highest BCUT2D eigenvalue weighted by Crippen LogP contribution is 2.22. The number of aryl methyl sites for hydroxylation is 1. The normalized spacial score (nSPS) is 12.7. The summed E-state index contributed by atoms with van der Waals surface area (Å²) in [6, 6.07) is 9.05. The van der Waals surface area contributed by atoms with Gasteiger partial charge in [-0.15, -0.1) is 0 Å². The van der Waals surface area contributed by atoms with Crippen LogP contribution in [0.2, 0.25) is 0 Å². The first-order valence-electron chi connectivity index (χ1n) is 9.84. The van der Waals surface area contributed by atoms with Gasteiger partial charge in [0.05, 0.1) is 12.7 Å². The van der Waals surface area contributed by atoms with E-state index in [0.29, 0.717) is 23.7 Å². The van der Waals surface area contributed by atoms with Crippen LogP contribution in [0, 0.1) is 6.92 Å². The van der Waals surface area contributed by atoms with Crippen LogP contribution in [0.5, 0.6) is 11.8 Å². The van der Waals surface area contributed by atoms with Gasteiger partial charge in [0, 0.05) is 35.4 Å². The van der Waals surface area contributed by atoms with Gasteiger partial charge in [-0.3, -0.25) is 0 Å². The maximum atomic E-state index is 9.65. The Labute approximate surface area is 180 Å². The molecule has 10 heteroatoms. The summed E-state index contributed by atoms with van der Waals surface area (Å²) in [4.78, 5) is 17.1. The number of ether oxygens (including phenoxy) is 2. The Morgan fingerprint density at radius 1 is 0.968 bits per heavy atom. The third-order valence-electron chi connectivity index (χ3n) is 4.27. The number of nitrogens with zero attached hydrogens (tertiary/aromatic N) is 4. The summed E-state index contributed by atoms with van der Waals surface area (Å²) in [5, 5.41) is 24.7. The molecule has 2 heterocycles. The minimum absolute atomic E-state index is 0.0842. The number of hydrogen-bond donors (Lipinski definition) is 4. The van der Waals surface area contributed by atoms with Crippen molar-refractivity contribution in [2.75, 3.05) is 23.8 Å². The molecule has 0 saturated carbocycles. The summed E-state index contributed by atoms with van der Waals surface area (Å²) in [7, 11) is 0. The lowest BCUT2D eigenvalue weighted by molar-refractivity contribution is 0.0570. The highest BCUT2D eigenvalue weighted by atomic mass is 16.5. The number of nitrogens with one attached hydrogen (secondary N) is 2. The fourth-order valence-corrected chi connectivity index (χ4v) is 2.41. The van der Waals surface area contributed by atoms with E-state index < -0.39 is 6.10 Å². The zero-order valence-corrected chi connectivity index (χ0v) is 17.6. The molecule has 0 spiro atoms. The van der Waals surface area contributed by atoms with E-state index in [1.807, 2.05) is 31.2 Å². The van der Waals surface area contributed by atoms with E-state index in [1.165, 1.54) is 0 Å². The predicted molar refractivity (Wildman–Crippen MR) is 116 cm³/mol. The minimum atomic E-state index is -0.614. The molecule has 0 bridgehead atoms. The van der Waals surface area contributed by atoms with Crippen LogP contribution in [-0.2, 0) is 0 Å². The highest BCUT2D eigenvalue weighted by molar-refractivity contribution is 5.61. The second-order valence-corrected chi connectivity index (χ2v) is 6.86. The summed E-state index contributed by atoms with van der Waals surface area (Å²) in [6.45, 7) is 5.38. The molecular formula is C21H26N6O4. The van der Waals surface area contributed by atoms with Gasteiger partial charge in [-0.25, -0.2) is 9.97 Å². The zero-order chi connectivity index (χ0) is 22.2. The van der Waals surface area contributed by atoms with Crippen molar-refractivity contribution in [1.29, 1.82) is 0 Å². The quantitative estimate of drug-likeness (QED) is 0.383. The van der Waals surface area contributed by atoms with Crippen molar-refractivity contribution in [1.82, 2.24) is 19.9 Å². The molecule has 0 aliphatic carbocycles. The van der Waals surface area contributed by atoms with E-state index in [-0.39, 0.29) is 19.3 Å². The summed E-state index contributed by atoms with van der Waals surface area (Å²) < 4.78 is 11.0. The third kappa shape index (κ3) is 6.49. The number of benzene rings is 1. The molecule has 10 nitrogen and oxygen atoms in total. The zero-order valence-electron chi connectivity index (χ0n) is 17.6.